The first-order valence-electron chi connectivity index (χ1n) is 7.33. The Morgan fingerprint density at radius 3 is 3.00 bits per heavy atom. The lowest BCUT2D eigenvalue weighted by molar-refractivity contribution is -0.120. The van der Waals surface area contributed by atoms with Gasteiger partial charge in [0.15, 0.2) is 6.61 Å². The van der Waals surface area contributed by atoms with E-state index in [2.05, 4.69) is 20.8 Å². The molecule has 10 heteroatoms. The highest BCUT2D eigenvalue weighted by Gasteiger charge is 2.28. The number of ether oxygens (including phenoxy) is 1. The summed E-state index contributed by atoms with van der Waals surface area (Å²) in [6.07, 6.45) is 2.14. The Morgan fingerprint density at radius 2 is 2.25 bits per heavy atom. The number of anilines is 1. The number of carbonyl (C=O) groups is 2. The first-order valence-corrected chi connectivity index (χ1v) is 8.32. The minimum Gasteiger partial charge on any atom is -0.484 e. The molecule has 1 aliphatic rings. The summed E-state index contributed by atoms with van der Waals surface area (Å²) in [5.74, 6) is -0.0945. The molecule has 1 fully saturated rings. The SMILES string of the molecule is NC(=O)COc1cccc(NC(=O)CSc2nnnn2C2CC2)c1. The molecule has 0 unspecified atom stereocenters. The monoisotopic (exact) mass is 348 g/mol. The molecule has 1 aromatic carbocycles. The van der Waals surface area contributed by atoms with Crippen molar-refractivity contribution in [3.8, 4) is 5.75 Å². The van der Waals surface area contributed by atoms with Gasteiger partial charge in [-0.05, 0) is 35.4 Å². The number of amides is 2. The summed E-state index contributed by atoms with van der Waals surface area (Å²) in [5, 5.41) is 14.9. The molecule has 0 spiro atoms. The van der Waals surface area contributed by atoms with E-state index in [0.29, 0.717) is 22.6 Å². The molecule has 0 radical (unpaired) electrons. The predicted octanol–water partition coefficient (Wildman–Crippen LogP) is 0.603. The van der Waals surface area contributed by atoms with E-state index < -0.39 is 5.91 Å². The lowest BCUT2D eigenvalue weighted by Crippen LogP contribution is -2.20. The smallest absolute Gasteiger partial charge is 0.255 e. The zero-order valence-electron chi connectivity index (χ0n) is 12.7. The lowest BCUT2D eigenvalue weighted by Gasteiger charge is -2.08. The Balaban J connectivity index is 1.52. The molecule has 2 amide bonds. The second-order valence-corrected chi connectivity index (χ2v) is 6.20. The second kappa shape index (κ2) is 7.30. The fourth-order valence-electron chi connectivity index (χ4n) is 1.97. The first-order chi connectivity index (χ1) is 11.6. The van der Waals surface area contributed by atoms with Crippen LogP contribution in [0.5, 0.6) is 5.75 Å². The Kier molecular flexibility index (Phi) is 4.94. The van der Waals surface area contributed by atoms with Gasteiger partial charge in [-0.1, -0.05) is 17.8 Å². The summed E-state index contributed by atoms with van der Waals surface area (Å²) in [5.41, 5.74) is 5.60. The van der Waals surface area contributed by atoms with Crippen molar-refractivity contribution < 1.29 is 14.3 Å². The number of benzene rings is 1. The van der Waals surface area contributed by atoms with Gasteiger partial charge in [0.1, 0.15) is 5.75 Å². The highest BCUT2D eigenvalue weighted by atomic mass is 32.2. The molecule has 1 saturated carbocycles. The molecule has 1 aromatic heterocycles. The minimum absolute atomic E-state index is 0.183. The molecule has 2 aromatic rings. The van der Waals surface area contributed by atoms with E-state index in [1.54, 1.807) is 28.9 Å². The van der Waals surface area contributed by atoms with E-state index in [1.165, 1.54) is 11.8 Å². The average Bonchev–Trinajstić information content (AvgIpc) is 3.29. The molecule has 126 valence electrons. The third kappa shape index (κ3) is 4.44. The van der Waals surface area contributed by atoms with Gasteiger partial charge < -0.3 is 15.8 Å². The summed E-state index contributed by atoms with van der Waals surface area (Å²) in [7, 11) is 0. The number of nitrogens with one attached hydrogen (secondary N) is 1. The molecule has 0 saturated heterocycles. The molecule has 0 bridgehead atoms. The molecule has 3 rings (SSSR count). The number of aromatic nitrogens is 4. The molecule has 24 heavy (non-hydrogen) atoms. The van der Waals surface area contributed by atoms with Crippen LogP contribution in [0.3, 0.4) is 0 Å². The number of hydrogen-bond donors (Lipinski definition) is 2. The number of rotatable bonds is 8. The summed E-state index contributed by atoms with van der Waals surface area (Å²) < 4.78 is 6.96. The maximum atomic E-state index is 12.1. The fraction of sp³-hybridized carbons (Fsp3) is 0.357. The highest BCUT2D eigenvalue weighted by Crippen LogP contribution is 2.36. The largest absolute Gasteiger partial charge is 0.484 e. The number of thioether (sulfide) groups is 1. The quantitative estimate of drug-likeness (QED) is 0.669. The summed E-state index contributed by atoms with van der Waals surface area (Å²) >= 11 is 1.29. The maximum Gasteiger partial charge on any atom is 0.255 e. The Labute approximate surface area is 141 Å². The van der Waals surface area contributed by atoms with Crippen LogP contribution < -0.4 is 15.8 Å². The number of nitrogens with zero attached hydrogens (tertiary/aromatic N) is 4. The Bertz CT molecular complexity index is 746. The number of nitrogens with two attached hydrogens (primary N) is 1. The van der Waals surface area contributed by atoms with Gasteiger partial charge in [-0.25, -0.2) is 4.68 Å². The third-order valence-corrected chi connectivity index (χ3v) is 4.12. The molecule has 1 heterocycles. The van der Waals surface area contributed by atoms with Gasteiger partial charge in [0, 0.05) is 11.8 Å². The van der Waals surface area contributed by atoms with Crippen molar-refractivity contribution in [2.45, 2.75) is 24.0 Å². The van der Waals surface area contributed by atoms with Crippen molar-refractivity contribution in [1.82, 2.24) is 20.2 Å². The first kappa shape index (κ1) is 16.2. The van der Waals surface area contributed by atoms with Gasteiger partial charge >= 0.3 is 0 Å². The molecular formula is C14H16N6O3S. The van der Waals surface area contributed by atoms with Gasteiger partial charge in [-0.15, -0.1) is 5.10 Å². The van der Waals surface area contributed by atoms with E-state index in [1.807, 2.05) is 0 Å². The van der Waals surface area contributed by atoms with Crippen molar-refractivity contribution >= 4 is 29.3 Å². The normalized spacial score (nSPS) is 13.5. The molecule has 9 nitrogen and oxygen atoms in total. The van der Waals surface area contributed by atoms with E-state index in [0.717, 1.165) is 12.8 Å². The maximum absolute atomic E-state index is 12.1. The van der Waals surface area contributed by atoms with Crippen molar-refractivity contribution in [3.05, 3.63) is 24.3 Å². The van der Waals surface area contributed by atoms with E-state index in [9.17, 15) is 9.59 Å². The van der Waals surface area contributed by atoms with Crippen LogP contribution in [0.4, 0.5) is 5.69 Å². The number of hydrogen-bond acceptors (Lipinski definition) is 7. The van der Waals surface area contributed by atoms with E-state index in [4.69, 9.17) is 10.5 Å². The van der Waals surface area contributed by atoms with Gasteiger partial charge in [-0.3, -0.25) is 9.59 Å². The number of primary amides is 1. The van der Waals surface area contributed by atoms with Crippen molar-refractivity contribution in [2.75, 3.05) is 17.7 Å². The molecule has 3 N–H and O–H groups in total. The average molecular weight is 348 g/mol. The van der Waals surface area contributed by atoms with E-state index in [-0.39, 0.29) is 18.3 Å². The lowest BCUT2D eigenvalue weighted by atomic mass is 10.3. The highest BCUT2D eigenvalue weighted by molar-refractivity contribution is 7.99. The zero-order chi connectivity index (χ0) is 16.9. The minimum atomic E-state index is -0.561. The molecular weight excluding hydrogens is 332 g/mol. The van der Waals surface area contributed by atoms with Gasteiger partial charge in [0.05, 0.1) is 11.8 Å². The van der Waals surface area contributed by atoms with Crippen molar-refractivity contribution in [1.29, 1.82) is 0 Å². The zero-order valence-corrected chi connectivity index (χ0v) is 13.5. The van der Waals surface area contributed by atoms with Crippen LogP contribution in [-0.4, -0.2) is 44.4 Å². The van der Waals surface area contributed by atoms with Crippen LogP contribution in [0.25, 0.3) is 0 Å². The Hall–Kier alpha value is -2.62. The van der Waals surface area contributed by atoms with Gasteiger partial charge in [0.25, 0.3) is 5.91 Å². The topological polar surface area (TPSA) is 125 Å². The number of tetrazole rings is 1. The van der Waals surface area contributed by atoms with Crippen LogP contribution in [0.15, 0.2) is 29.4 Å². The molecule has 1 aliphatic carbocycles. The summed E-state index contributed by atoms with van der Waals surface area (Å²) in [4.78, 5) is 22.8. The van der Waals surface area contributed by atoms with Crippen LogP contribution >= 0.6 is 11.8 Å². The summed E-state index contributed by atoms with van der Waals surface area (Å²) in [6.45, 7) is -0.211. The standard InChI is InChI=1S/C14H16N6O3S/c15-12(21)7-23-11-3-1-2-9(6-11)16-13(22)8-24-14-17-18-19-20(14)10-4-5-10/h1-3,6,10H,4-5,7-8H2,(H2,15,21)(H,16,22). The van der Waals surface area contributed by atoms with Gasteiger partial charge in [0.2, 0.25) is 11.1 Å². The second-order valence-electron chi connectivity index (χ2n) is 5.26. The molecule has 0 atom stereocenters. The fourth-order valence-corrected chi connectivity index (χ4v) is 2.72. The third-order valence-electron chi connectivity index (χ3n) is 3.19. The van der Waals surface area contributed by atoms with Crippen LogP contribution in [0, 0.1) is 0 Å². The predicted molar refractivity (Wildman–Crippen MR) is 86.6 cm³/mol. The van der Waals surface area contributed by atoms with Gasteiger partial charge in [-0.2, -0.15) is 0 Å². The van der Waals surface area contributed by atoms with Crippen LogP contribution in [-0.2, 0) is 9.59 Å². The van der Waals surface area contributed by atoms with Crippen molar-refractivity contribution in [2.24, 2.45) is 5.73 Å². The Morgan fingerprint density at radius 1 is 1.42 bits per heavy atom. The number of carbonyl (C=O) groups excluding carboxylic acids is 2. The van der Waals surface area contributed by atoms with Crippen LogP contribution in [0.1, 0.15) is 18.9 Å². The van der Waals surface area contributed by atoms with Crippen LogP contribution in [0.2, 0.25) is 0 Å². The molecule has 0 aliphatic heterocycles. The van der Waals surface area contributed by atoms with E-state index >= 15 is 0 Å². The summed E-state index contributed by atoms with van der Waals surface area (Å²) in [6, 6.07) is 7.11. The van der Waals surface area contributed by atoms with Crippen molar-refractivity contribution in [3.63, 3.8) is 0 Å².